The Labute approximate surface area is 87.5 Å². The van der Waals surface area contributed by atoms with Crippen LogP contribution in [0.5, 0.6) is 0 Å². The van der Waals surface area contributed by atoms with Gasteiger partial charge in [0.05, 0.1) is 6.10 Å². The van der Waals surface area contributed by atoms with Crippen LogP contribution in [0, 0.1) is 5.92 Å². The van der Waals surface area contributed by atoms with Crippen LogP contribution in [0.3, 0.4) is 0 Å². The third-order valence-electron chi connectivity index (χ3n) is 2.73. The molecule has 1 aliphatic carbocycles. The van der Waals surface area contributed by atoms with Crippen molar-refractivity contribution in [1.29, 1.82) is 0 Å². The fourth-order valence-corrected chi connectivity index (χ4v) is 1.77. The maximum absolute atomic E-state index is 9.26. The maximum Gasteiger partial charge on any atom is 0.0721 e. The molecule has 0 aromatic carbocycles. The van der Waals surface area contributed by atoms with E-state index in [2.05, 4.69) is 25.2 Å². The molecule has 1 N–H and O–H groups in total. The van der Waals surface area contributed by atoms with Crippen molar-refractivity contribution in [2.24, 2.45) is 5.92 Å². The molecule has 0 radical (unpaired) electrons. The Bertz CT molecular complexity index is 193. The lowest BCUT2D eigenvalue weighted by Gasteiger charge is -2.16. The summed E-state index contributed by atoms with van der Waals surface area (Å²) < 4.78 is 0. The summed E-state index contributed by atoms with van der Waals surface area (Å²) in [6, 6.07) is 0. The van der Waals surface area contributed by atoms with Gasteiger partial charge in [-0.15, -0.1) is 0 Å². The zero-order valence-corrected chi connectivity index (χ0v) is 9.15. The molecule has 0 bridgehead atoms. The van der Waals surface area contributed by atoms with E-state index in [-0.39, 0.29) is 6.10 Å². The van der Waals surface area contributed by atoms with Crippen molar-refractivity contribution in [2.75, 3.05) is 0 Å². The number of aliphatic hydroxyl groups is 1. The van der Waals surface area contributed by atoms with Gasteiger partial charge in [-0.25, -0.2) is 0 Å². The Morgan fingerprint density at radius 3 is 2.79 bits per heavy atom. The highest BCUT2D eigenvalue weighted by Crippen LogP contribution is 2.18. The second kappa shape index (κ2) is 6.83. The van der Waals surface area contributed by atoms with Crippen LogP contribution in [0.25, 0.3) is 0 Å². The first-order valence-corrected chi connectivity index (χ1v) is 5.86. The molecule has 2 atom stereocenters. The van der Waals surface area contributed by atoms with Gasteiger partial charge < -0.3 is 5.11 Å². The van der Waals surface area contributed by atoms with Gasteiger partial charge in [0, 0.05) is 0 Å². The first-order chi connectivity index (χ1) is 6.83. The lowest BCUT2D eigenvalue weighted by atomic mass is 9.93. The van der Waals surface area contributed by atoms with Crippen LogP contribution in [0.4, 0.5) is 0 Å². The lowest BCUT2D eigenvalue weighted by Crippen LogP contribution is -2.10. The number of hydrogen-bond acceptors (Lipinski definition) is 1. The smallest absolute Gasteiger partial charge is 0.0721 e. The van der Waals surface area contributed by atoms with Crippen molar-refractivity contribution >= 4 is 0 Å². The van der Waals surface area contributed by atoms with Crippen LogP contribution >= 0.6 is 0 Å². The van der Waals surface area contributed by atoms with Crippen LogP contribution in [-0.4, -0.2) is 11.2 Å². The van der Waals surface area contributed by atoms with Crippen molar-refractivity contribution in [1.82, 2.24) is 0 Å². The highest BCUT2D eigenvalue weighted by atomic mass is 16.3. The minimum absolute atomic E-state index is 0.195. The summed E-state index contributed by atoms with van der Waals surface area (Å²) in [5, 5.41) is 9.26. The summed E-state index contributed by atoms with van der Waals surface area (Å²) in [6.07, 6.45) is 15.6. The van der Waals surface area contributed by atoms with Crippen molar-refractivity contribution < 1.29 is 5.11 Å². The zero-order valence-electron chi connectivity index (χ0n) is 9.15. The third-order valence-corrected chi connectivity index (χ3v) is 2.73. The van der Waals surface area contributed by atoms with E-state index >= 15 is 0 Å². The highest BCUT2D eigenvalue weighted by Gasteiger charge is 2.10. The average molecular weight is 194 g/mol. The standard InChI is InChI=1S/C13H22O/c1-2-3-4-5-6-7-12-8-10-13(14)11-9-12/h6-8,10,12-14H,2-5,9,11H2,1H3/b7-6+/t12-,13-/m1/s1. The molecule has 1 heteroatoms. The van der Waals surface area contributed by atoms with Gasteiger partial charge in [-0.3, -0.25) is 0 Å². The van der Waals surface area contributed by atoms with Gasteiger partial charge in [-0.2, -0.15) is 0 Å². The Morgan fingerprint density at radius 1 is 1.29 bits per heavy atom. The van der Waals surface area contributed by atoms with E-state index in [4.69, 9.17) is 0 Å². The van der Waals surface area contributed by atoms with E-state index in [0.717, 1.165) is 12.8 Å². The highest BCUT2D eigenvalue weighted by molar-refractivity contribution is 5.06. The average Bonchev–Trinajstić information content (AvgIpc) is 2.21. The molecule has 0 saturated carbocycles. The second-order valence-corrected chi connectivity index (χ2v) is 4.12. The summed E-state index contributed by atoms with van der Waals surface area (Å²) in [7, 11) is 0. The van der Waals surface area contributed by atoms with Gasteiger partial charge in [-0.1, -0.05) is 44.1 Å². The van der Waals surface area contributed by atoms with Crippen molar-refractivity contribution in [3.63, 3.8) is 0 Å². The van der Waals surface area contributed by atoms with Crippen molar-refractivity contribution in [3.8, 4) is 0 Å². The first-order valence-electron chi connectivity index (χ1n) is 5.86. The summed E-state index contributed by atoms with van der Waals surface area (Å²) in [6.45, 7) is 2.23. The molecular formula is C13H22O. The second-order valence-electron chi connectivity index (χ2n) is 4.12. The summed E-state index contributed by atoms with van der Waals surface area (Å²) in [5.74, 6) is 0.569. The molecule has 80 valence electrons. The molecule has 0 aromatic rings. The fraction of sp³-hybridized carbons (Fsp3) is 0.692. The SMILES string of the molecule is CCCCC/C=C/[C@@H]1C=C[C@@H](O)CC1. The van der Waals surface area contributed by atoms with Crippen molar-refractivity contribution in [3.05, 3.63) is 24.3 Å². The van der Waals surface area contributed by atoms with Gasteiger partial charge in [0.1, 0.15) is 0 Å². The zero-order chi connectivity index (χ0) is 10.2. The molecule has 0 unspecified atom stereocenters. The normalized spacial score (nSPS) is 27.3. The van der Waals surface area contributed by atoms with Gasteiger partial charge in [0.15, 0.2) is 0 Å². The minimum atomic E-state index is -0.195. The molecule has 1 nitrogen and oxygen atoms in total. The van der Waals surface area contributed by atoms with E-state index in [1.807, 2.05) is 6.08 Å². The van der Waals surface area contributed by atoms with Gasteiger partial charge >= 0.3 is 0 Å². The van der Waals surface area contributed by atoms with Crippen molar-refractivity contribution in [2.45, 2.75) is 51.6 Å². The van der Waals surface area contributed by atoms with Crippen LogP contribution in [0.1, 0.15) is 45.4 Å². The molecule has 0 aromatic heterocycles. The molecule has 0 amide bonds. The Kier molecular flexibility index (Phi) is 5.62. The lowest BCUT2D eigenvalue weighted by molar-refractivity contribution is 0.199. The number of unbranched alkanes of at least 4 members (excludes halogenated alkanes) is 3. The number of hydrogen-bond donors (Lipinski definition) is 1. The van der Waals surface area contributed by atoms with Gasteiger partial charge in [0.2, 0.25) is 0 Å². The maximum atomic E-state index is 9.26. The number of aliphatic hydroxyl groups excluding tert-OH is 1. The van der Waals surface area contributed by atoms with E-state index in [1.54, 1.807) is 0 Å². The van der Waals surface area contributed by atoms with Gasteiger partial charge in [-0.05, 0) is 31.6 Å². The predicted molar refractivity (Wildman–Crippen MR) is 61.2 cm³/mol. The van der Waals surface area contributed by atoms with Crippen LogP contribution in [0.2, 0.25) is 0 Å². The molecule has 14 heavy (non-hydrogen) atoms. The Hall–Kier alpha value is -0.560. The monoisotopic (exact) mass is 194 g/mol. The predicted octanol–water partition coefficient (Wildman–Crippen LogP) is 3.45. The number of rotatable bonds is 5. The summed E-state index contributed by atoms with van der Waals surface area (Å²) in [5.41, 5.74) is 0. The third kappa shape index (κ3) is 4.61. The Balaban J connectivity index is 2.14. The molecule has 1 aliphatic rings. The summed E-state index contributed by atoms with van der Waals surface area (Å²) >= 11 is 0. The van der Waals surface area contributed by atoms with E-state index in [9.17, 15) is 5.11 Å². The van der Waals surface area contributed by atoms with E-state index < -0.39 is 0 Å². The van der Waals surface area contributed by atoms with Crippen LogP contribution in [-0.2, 0) is 0 Å². The van der Waals surface area contributed by atoms with Crippen LogP contribution in [0.15, 0.2) is 24.3 Å². The topological polar surface area (TPSA) is 20.2 Å². The molecule has 0 aliphatic heterocycles. The molecule has 0 fully saturated rings. The first kappa shape index (κ1) is 11.5. The molecule has 0 saturated heterocycles. The fourth-order valence-electron chi connectivity index (χ4n) is 1.77. The van der Waals surface area contributed by atoms with E-state index in [0.29, 0.717) is 5.92 Å². The van der Waals surface area contributed by atoms with Crippen LogP contribution < -0.4 is 0 Å². The number of allylic oxidation sites excluding steroid dienone is 3. The van der Waals surface area contributed by atoms with E-state index in [1.165, 1.54) is 25.7 Å². The Morgan fingerprint density at radius 2 is 2.14 bits per heavy atom. The molecule has 0 spiro atoms. The quantitative estimate of drug-likeness (QED) is 0.525. The minimum Gasteiger partial charge on any atom is -0.389 e. The molecule has 1 rings (SSSR count). The van der Waals surface area contributed by atoms with Gasteiger partial charge in [0.25, 0.3) is 0 Å². The summed E-state index contributed by atoms with van der Waals surface area (Å²) in [4.78, 5) is 0. The largest absolute Gasteiger partial charge is 0.389 e. The molecular weight excluding hydrogens is 172 g/mol. The molecule has 0 heterocycles.